The highest BCUT2D eigenvalue weighted by Crippen LogP contribution is 2.33. The van der Waals surface area contributed by atoms with Crippen molar-refractivity contribution in [2.45, 2.75) is 45.8 Å². The van der Waals surface area contributed by atoms with Gasteiger partial charge in [-0.05, 0) is 32.1 Å². The van der Waals surface area contributed by atoms with Crippen LogP contribution in [0.3, 0.4) is 0 Å². The van der Waals surface area contributed by atoms with Crippen LogP contribution in [0.15, 0.2) is 0 Å². The summed E-state index contributed by atoms with van der Waals surface area (Å²) in [5.41, 5.74) is -0.354. The van der Waals surface area contributed by atoms with Crippen molar-refractivity contribution >= 4 is 0 Å². The Morgan fingerprint density at radius 1 is 1.42 bits per heavy atom. The van der Waals surface area contributed by atoms with E-state index in [-0.39, 0.29) is 11.7 Å². The van der Waals surface area contributed by atoms with Gasteiger partial charge < -0.3 is 9.84 Å². The molecule has 72 valence electrons. The third kappa shape index (κ3) is 1.80. The molecule has 0 aromatic rings. The topological polar surface area (TPSA) is 29.5 Å². The van der Waals surface area contributed by atoms with Crippen molar-refractivity contribution in [1.82, 2.24) is 0 Å². The second kappa shape index (κ2) is 3.35. The molecule has 0 aromatic heterocycles. The normalized spacial score (nSPS) is 35.5. The molecule has 1 heterocycles. The van der Waals surface area contributed by atoms with Crippen molar-refractivity contribution in [3.05, 3.63) is 0 Å². The molecule has 0 aromatic carbocycles. The summed E-state index contributed by atoms with van der Waals surface area (Å²) in [5, 5.41) is 9.94. The lowest BCUT2D eigenvalue weighted by Crippen LogP contribution is -2.49. The molecule has 1 N–H and O–H groups in total. The maximum absolute atomic E-state index is 9.94. The summed E-state index contributed by atoms with van der Waals surface area (Å²) < 4.78 is 5.51. The predicted octanol–water partition coefficient (Wildman–Crippen LogP) is 1.82. The fourth-order valence-corrected chi connectivity index (χ4v) is 1.91. The third-order valence-corrected chi connectivity index (χ3v) is 2.90. The first-order valence-electron chi connectivity index (χ1n) is 4.77. The minimum atomic E-state index is -0.354. The predicted molar refractivity (Wildman–Crippen MR) is 49.0 cm³/mol. The number of rotatable bonds is 1. The van der Waals surface area contributed by atoms with Gasteiger partial charge in [0.1, 0.15) is 0 Å². The first kappa shape index (κ1) is 10.0. The van der Waals surface area contributed by atoms with Gasteiger partial charge in [0, 0.05) is 6.61 Å². The maximum Gasteiger partial charge on any atom is 0.0887 e. The zero-order valence-corrected chi connectivity index (χ0v) is 8.50. The van der Waals surface area contributed by atoms with E-state index < -0.39 is 0 Å². The number of hydrogen-bond donors (Lipinski definition) is 1. The van der Waals surface area contributed by atoms with Gasteiger partial charge in [-0.3, -0.25) is 0 Å². The highest BCUT2D eigenvalue weighted by Gasteiger charge is 2.39. The fourth-order valence-electron chi connectivity index (χ4n) is 1.91. The Hall–Kier alpha value is -0.0800. The van der Waals surface area contributed by atoms with E-state index in [1.54, 1.807) is 0 Å². The summed E-state index contributed by atoms with van der Waals surface area (Å²) in [7, 11) is 0. The summed E-state index contributed by atoms with van der Waals surface area (Å²) in [6, 6.07) is 0. The molecule has 0 amide bonds. The van der Waals surface area contributed by atoms with E-state index in [0.29, 0.717) is 11.8 Å². The molecule has 0 bridgehead atoms. The molecule has 12 heavy (non-hydrogen) atoms. The first-order chi connectivity index (χ1) is 5.45. The van der Waals surface area contributed by atoms with Crippen molar-refractivity contribution < 1.29 is 9.84 Å². The Bertz CT molecular complexity index is 152. The van der Waals surface area contributed by atoms with Crippen LogP contribution in [0.1, 0.15) is 34.1 Å². The molecule has 2 nitrogen and oxygen atoms in total. The van der Waals surface area contributed by atoms with Crippen LogP contribution in [-0.2, 0) is 4.74 Å². The summed E-state index contributed by atoms with van der Waals surface area (Å²) in [6.45, 7) is 9.04. The Labute approximate surface area is 74.9 Å². The van der Waals surface area contributed by atoms with E-state index in [9.17, 15) is 5.11 Å². The van der Waals surface area contributed by atoms with Crippen LogP contribution in [0.4, 0.5) is 0 Å². The highest BCUT2D eigenvalue weighted by atomic mass is 16.5. The molecule has 0 saturated carbocycles. The van der Waals surface area contributed by atoms with Crippen LogP contribution in [0.5, 0.6) is 0 Å². The standard InChI is InChI=1S/C10H20O2/c1-7(2)8-5-6-12-10(3,4)9(8)11/h7-9,11H,5-6H2,1-4H3/t8-,9?/m1/s1. The van der Waals surface area contributed by atoms with Crippen LogP contribution in [0, 0.1) is 11.8 Å². The highest BCUT2D eigenvalue weighted by molar-refractivity contribution is 4.89. The molecule has 1 aliphatic heterocycles. The maximum atomic E-state index is 9.94. The minimum absolute atomic E-state index is 0.314. The Balaban J connectivity index is 2.66. The van der Waals surface area contributed by atoms with Gasteiger partial charge in [-0.25, -0.2) is 0 Å². The molecule has 2 heteroatoms. The summed E-state index contributed by atoms with van der Waals surface area (Å²) in [6.07, 6.45) is 0.675. The van der Waals surface area contributed by atoms with E-state index in [4.69, 9.17) is 4.74 Å². The first-order valence-corrected chi connectivity index (χ1v) is 4.77. The second-order valence-corrected chi connectivity index (χ2v) is 4.59. The molecular formula is C10H20O2. The zero-order valence-electron chi connectivity index (χ0n) is 8.50. The van der Waals surface area contributed by atoms with Gasteiger partial charge in [0.15, 0.2) is 0 Å². The quantitative estimate of drug-likeness (QED) is 0.653. The van der Waals surface area contributed by atoms with E-state index in [0.717, 1.165) is 13.0 Å². The molecule has 0 spiro atoms. The monoisotopic (exact) mass is 172 g/mol. The Morgan fingerprint density at radius 3 is 2.42 bits per heavy atom. The number of ether oxygens (including phenoxy) is 1. The minimum Gasteiger partial charge on any atom is -0.390 e. The van der Waals surface area contributed by atoms with Crippen LogP contribution in [0.2, 0.25) is 0 Å². The largest absolute Gasteiger partial charge is 0.390 e. The molecule has 1 unspecified atom stereocenters. The molecule has 0 radical (unpaired) electrons. The SMILES string of the molecule is CC(C)[C@H]1CCOC(C)(C)C1O. The average molecular weight is 172 g/mol. The van der Waals surface area contributed by atoms with E-state index in [1.165, 1.54) is 0 Å². The summed E-state index contributed by atoms with van der Waals surface area (Å²) in [5.74, 6) is 0.942. The summed E-state index contributed by atoms with van der Waals surface area (Å²) in [4.78, 5) is 0. The van der Waals surface area contributed by atoms with Gasteiger partial charge >= 0.3 is 0 Å². The average Bonchev–Trinajstić information content (AvgIpc) is 1.94. The lowest BCUT2D eigenvalue weighted by Gasteiger charge is -2.42. The van der Waals surface area contributed by atoms with Crippen molar-refractivity contribution in [1.29, 1.82) is 0 Å². The molecule has 1 fully saturated rings. The molecule has 2 atom stereocenters. The smallest absolute Gasteiger partial charge is 0.0887 e. The second-order valence-electron chi connectivity index (χ2n) is 4.59. The van der Waals surface area contributed by atoms with Crippen LogP contribution >= 0.6 is 0 Å². The van der Waals surface area contributed by atoms with Crippen LogP contribution in [-0.4, -0.2) is 23.4 Å². The summed E-state index contributed by atoms with van der Waals surface area (Å²) >= 11 is 0. The number of hydrogen-bond acceptors (Lipinski definition) is 2. The molecular weight excluding hydrogens is 152 g/mol. The van der Waals surface area contributed by atoms with Gasteiger partial charge in [-0.15, -0.1) is 0 Å². The van der Waals surface area contributed by atoms with Gasteiger partial charge in [0.05, 0.1) is 11.7 Å². The number of aliphatic hydroxyl groups is 1. The van der Waals surface area contributed by atoms with Gasteiger partial charge in [0.25, 0.3) is 0 Å². The van der Waals surface area contributed by atoms with E-state index >= 15 is 0 Å². The van der Waals surface area contributed by atoms with Crippen LogP contribution in [0.25, 0.3) is 0 Å². The molecule has 1 saturated heterocycles. The fraction of sp³-hybridized carbons (Fsp3) is 1.00. The Kier molecular flexibility index (Phi) is 2.79. The lowest BCUT2D eigenvalue weighted by atomic mass is 9.78. The zero-order chi connectivity index (χ0) is 9.35. The Morgan fingerprint density at radius 2 is 2.00 bits per heavy atom. The third-order valence-electron chi connectivity index (χ3n) is 2.90. The van der Waals surface area contributed by atoms with Crippen LogP contribution < -0.4 is 0 Å². The van der Waals surface area contributed by atoms with Crippen molar-refractivity contribution in [2.24, 2.45) is 11.8 Å². The van der Waals surface area contributed by atoms with E-state index in [1.807, 2.05) is 13.8 Å². The van der Waals surface area contributed by atoms with E-state index in [2.05, 4.69) is 13.8 Å². The van der Waals surface area contributed by atoms with Gasteiger partial charge in [-0.1, -0.05) is 13.8 Å². The van der Waals surface area contributed by atoms with Gasteiger partial charge in [0.2, 0.25) is 0 Å². The molecule has 0 aliphatic carbocycles. The molecule has 1 aliphatic rings. The van der Waals surface area contributed by atoms with Crippen molar-refractivity contribution in [3.8, 4) is 0 Å². The van der Waals surface area contributed by atoms with Gasteiger partial charge in [-0.2, -0.15) is 0 Å². The van der Waals surface area contributed by atoms with Crippen molar-refractivity contribution in [2.75, 3.05) is 6.61 Å². The lowest BCUT2D eigenvalue weighted by molar-refractivity contribution is -0.166. The number of aliphatic hydroxyl groups excluding tert-OH is 1. The van der Waals surface area contributed by atoms with Crippen molar-refractivity contribution in [3.63, 3.8) is 0 Å². The molecule has 1 rings (SSSR count).